The number of fused-ring (bicyclic) bond motifs is 1. The lowest BCUT2D eigenvalue weighted by atomic mass is 10.1. The van der Waals surface area contributed by atoms with Crippen LogP contribution in [0.25, 0.3) is 10.8 Å². The fraction of sp³-hybridized carbons (Fsp3) is 0. The van der Waals surface area contributed by atoms with Crippen molar-refractivity contribution in [2.45, 2.75) is 0 Å². The first-order valence-corrected chi connectivity index (χ1v) is 3.69. The maximum atomic E-state index is 6.81. The summed E-state index contributed by atoms with van der Waals surface area (Å²) in [7, 11) is 0. The molecule has 0 heterocycles. The van der Waals surface area contributed by atoms with Crippen LogP contribution in [0.15, 0.2) is 41.5 Å². The first kappa shape index (κ1) is 6.98. The molecule has 2 nitrogen and oxygen atoms in total. The number of nitrogens with zero attached hydrogens (tertiary/aromatic N) is 1. The lowest BCUT2D eigenvalue weighted by molar-refractivity contribution is 1.15. The molecule has 2 aromatic rings. The zero-order valence-corrected chi connectivity index (χ0v) is 6.41. The Morgan fingerprint density at radius 2 is 1.92 bits per heavy atom. The monoisotopic (exact) mass is 155 g/mol. The van der Waals surface area contributed by atoms with E-state index in [0.29, 0.717) is 5.69 Å². The van der Waals surface area contributed by atoms with E-state index < -0.39 is 0 Å². The van der Waals surface area contributed by atoms with Crippen LogP contribution >= 0.6 is 0 Å². The van der Waals surface area contributed by atoms with Gasteiger partial charge in [0.05, 0.1) is 5.69 Å². The lowest BCUT2D eigenvalue weighted by Gasteiger charge is -1.95. The zero-order chi connectivity index (χ0) is 8.39. The topological polar surface area (TPSA) is 36.2 Å². The van der Waals surface area contributed by atoms with Crippen molar-refractivity contribution < 1.29 is 0 Å². The van der Waals surface area contributed by atoms with Crippen molar-refractivity contribution in [1.29, 1.82) is 5.53 Å². The molecule has 2 aromatic carbocycles. The molecule has 0 aromatic heterocycles. The normalized spacial score (nSPS) is 10.0. The standard InChI is InChI=1S/C10H7N2/c11-12-10-6-5-8-3-1-2-4-9(8)7-10/h1-6,11H. The van der Waals surface area contributed by atoms with E-state index in [-0.39, 0.29) is 0 Å². The highest BCUT2D eigenvalue weighted by Crippen LogP contribution is 2.19. The molecular formula is C10H7N2. The van der Waals surface area contributed by atoms with Crippen LogP contribution in [0.5, 0.6) is 0 Å². The van der Waals surface area contributed by atoms with Gasteiger partial charge in [0.1, 0.15) is 0 Å². The smallest absolute Gasteiger partial charge is 0.0935 e. The number of hydrogen-bond donors (Lipinski definition) is 1. The molecular weight excluding hydrogens is 148 g/mol. The van der Waals surface area contributed by atoms with Crippen molar-refractivity contribution in [2.75, 3.05) is 0 Å². The summed E-state index contributed by atoms with van der Waals surface area (Å²) in [6.45, 7) is 0. The van der Waals surface area contributed by atoms with Crippen molar-refractivity contribution >= 4 is 16.5 Å². The van der Waals surface area contributed by atoms with Crippen molar-refractivity contribution in [3.8, 4) is 0 Å². The maximum Gasteiger partial charge on any atom is 0.0935 e. The Bertz CT molecular complexity index is 421. The molecule has 0 fully saturated rings. The molecule has 0 atom stereocenters. The van der Waals surface area contributed by atoms with Crippen molar-refractivity contribution in [2.24, 2.45) is 5.11 Å². The van der Waals surface area contributed by atoms with Crippen LogP contribution in [-0.4, -0.2) is 0 Å². The predicted molar refractivity (Wildman–Crippen MR) is 47.6 cm³/mol. The predicted octanol–water partition coefficient (Wildman–Crippen LogP) is 3.30. The SMILES string of the molecule is N=Nc1[c]c2ccccc2cc1. The van der Waals surface area contributed by atoms with Crippen LogP contribution in [-0.2, 0) is 0 Å². The third-order valence-electron chi connectivity index (χ3n) is 1.76. The second-order valence-corrected chi connectivity index (χ2v) is 2.54. The van der Waals surface area contributed by atoms with E-state index in [1.807, 2.05) is 30.3 Å². The molecule has 2 heteroatoms. The Kier molecular flexibility index (Phi) is 1.59. The van der Waals surface area contributed by atoms with Crippen LogP contribution in [0.3, 0.4) is 0 Å². The summed E-state index contributed by atoms with van der Waals surface area (Å²) >= 11 is 0. The van der Waals surface area contributed by atoms with Gasteiger partial charge >= 0.3 is 0 Å². The van der Waals surface area contributed by atoms with Gasteiger partial charge in [-0.15, -0.1) is 0 Å². The quantitative estimate of drug-likeness (QED) is 0.613. The van der Waals surface area contributed by atoms with E-state index in [9.17, 15) is 0 Å². The molecule has 0 unspecified atom stereocenters. The van der Waals surface area contributed by atoms with Gasteiger partial charge in [-0.2, -0.15) is 5.11 Å². The number of hydrogen-bond acceptors (Lipinski definition) is 2. The number of benzene rings is 2. The third kappa shape index (κ3) is 1.07. The molecule has 0 aliphatic carbocycles. The summed E-state index contributed by atoms with van der Waals surface area (Å²) < 4.78 is 0. The Hall–Kier alpha value is -1.70. The van der Waals surface area contributed by atoms with Crippen LogP contribution < -0.4 is 0 Å². The van der Waals surface area contributed by atoms with Gasteiger partial charge in [0, 0.05) is 6.07 Å². The molecule has 0 saturated carbocycles. The van der Waals surface area contributed by atoms with Gasteiger partial charge in [-0.05, 0) is 16.8 Å². The zero-order valence-electron chi connectivity index (χ0n) is 6.41. The lowest BCUT2D eigenvalue weighted by Crippen LogP contribution is -1.70. The van der Waals surface area contributed by atoms with Crippen LogP contribution in [0, 0.1) is 11.6 Å². The Balaban J connectivity index is 2.75. The molecule has 2 rings (SSSR count). The van der Waals surface area contributed by atoms with Crippen LogP contribution in [0.1, 0.15) is 0 Å². The van der Waals surface area contributed by atoms with E-state index in [4.69, 9.17) is 5.53 Å². The fourth-order valence-electron chi connectivity index (χ4n) is 1.17. The van der Waals surface area contributed by atoms with E-state index in [1.54, 1.807) is 6.07 Å². The average molecular weight is 155 g/mol. The summed E-state index contributed by atoms with van der Waals surface area (Å²) in [4.78, 5) is 0. The first-order chi connectivity index (χ1) is 5.90. The van der Waals surface area contributed by atoms with Gasteiger partial charge in [-0.1, -0.05) is 30.3 Å². The van der Waals surface area contributed by atoms with E-state index in [1.165, 1.54) is 0 Å². The highest BCUT2D eigenvalue weighted by molar-refractivity contribution is 5.84. The van der Waals surface area contributed by atoms with Gasteiger partial charge < -0.3 is 0 Å². The molecule has 12 heavy (non-hydrogen) atoms. The molecule has 0 saturated heterocycles. The van der Waals surface area contributed by atoms with Crippen molar-refractivity contribution in [3.63, 3.8) is 0 Å². The van der Waals surface area contributed by atoms with Crippen LogP contribution in [0.2, 0.25) is 0 Å². The van der Waals surface area contributed by atoms with Crippen LogP contribution in [0.4, 0.5) is 5.69 Å². The second kappa shape index (κ2) is 2.74. The molecule has 0 amide bonds. The third-order valence-corrected chi connectivity index (χ3v) is 1.76. The molecule has 0 aliphatic rings. The Morgan fingerprint density at radius 1 is 1.08 bits per heavy atom. The highest BCUT2D eigenvalue weighted by atomic mass is 15.0. The molecule has 0 bridgehead atoms. The van der Waals surface area contributed by atoms with E-state index in [0.717, 1.165) is 10.8 Å². The molecule has 0 aliphatic heterocycles. The molecule has 1 N–H and O–H groups in total. The van der Waals surface area contributed by atoms with Gasteiger partial charge in [-0.3, -0.25) is 0 Å². The summed E-state index contributed by atoms with van der Waals surface area (Å²) in [6.07, 6.45) is 0. The van der Waals surface area contributed by atoms with E-state index >= 15 is 0 Å². The van der Waals surface area contributed by atoms with Gasteiger partial charge in [0.15, 0.2) is 0 Å². The minimum atomic E-state index is 0.578. The summed E-state index contributed by atoms with van der Waals surface area (Å²) in [5, 5.41) is 5.45. The average Bonchev–Trinajstić information content (AvgIpc) is 2.17. The maximum absolute atomic E-state index is 6.81. The summed E-state index contributed by atoms with van der Waals surface area (Å²) in [6, 6.07) is 14.7. The van der Waals surface area contributed by atoms with Crippen molar-refractivity contribution in [1.82, 2.24) is 0 Å². The van der Waals surface area contributed by atoms with Gasteiger partial charge in [-0.25, -0.2) is 5.53 Å². The fourth-order valence-corrected chi connectivity index (χ4v) is 1.17. The summed E-state index contributed by atoms with van der Waals surface area (Å²) in [5.41, 5.74) is 7.39. The number of rotatable bonds is 1. The minimum Gasteiger partial charge on any atom is -0.204 e. The minimum absolute atomic E-state index is 0.578. The highest BCUT2D eigenvalue weighted by Gasteiger charge is 1.93. The first-order valence-electron chi connectivity index (χ1n) is 3.69. The van der Waals surface area contributed by atoms with Crippen molar-refractivity contribution in [3.05, 3.63) is 42.5 Å². The molecule has 57 valence electrons. The number of nitrogens with one attached hydrogen (secondary N) is 1. The summed E-state index contributed by atoms with van der Waals surface area (Å²) in [5.74, 6) is 0. The second-order valence-electron chi connectivity index (χ2n) is 2.54. The Morgan fingerprint density at radius 3 is 2.75 bits per heavy atom. The van der Waals surface area contributed by atoms with Gasteiger partial charge in [0.2, 0.25) is 0 Å². The van der Waals surface area contributed by atoms with Gasteiger partial charge in [0.25, 0.3) is 0 Å². The molecule has 1 radical (unpaired) electrons. The molecule has 0 spiro atoms. The largest absolute Gasteiger partial charge is 0.204 e. The van der Waals surface area contributed by atoms with E-state index in [2.05, 4.69) is 11.2 Å². The Labute approximate surface area is 70.3 Å².